The topological polar surface area (TPSA) is 390 Å². The van der Waals surface area contributed by atoms with Gasteiger partial charge in [-0.1, -0.05) is 192 Å². The molecule has 0 N–H and O–H groups in total. The van der Waals surface area contributed by atoms with Crippen LogP contribution in [0.4, 0.5) is 0 Å². The lowest BCUT2D eigenvalue weighted by Crippen LogP contribution is -2.73. The molecule has 4 saturated heterocycles. The molecule has 0 spiro atoms. The maximum Gasteiger partial charge on any atom is 0.338 e. The molecule has 20 atom stereocenters. The van der Waals surface area contributed by atoms with Gasteiger partial charge in [0.05, 0.1) is 90.1 Å². The van der Waals surface area contributed by atoms with E-state index in [2.05, 4.69) is 0 Å². The number of benzene rings is 10. The summed E-state index contributed by atoms with van der Waals surface area (Å²) in [6.45, 7) is 11.0. The van der Waals surface area contributed by atoms with Gasteiger partial charge in [-0.25, -0.2) is 28.8 Å². The van der Waals surface area contributed by atoms with Crippen LogP contribution in [-0.4, -0.2) is 254 Å². The Morgan fingerprint density at radius 2 is 0.475 bits per heavy atom. The number of hydrogen-bond acceptors (Lipinski definition) is 29. The van der Waals surface area contributed by atoms with E-state index in [0.717, 1.165) is 9.80 Å². The van der Waals surface area contributed by atoms with E-state index in [1.807, 2.05) is 33.9 Å². The minimum Gasteiger partial charge on any atom is -0.459 e. The van der Waals surface area contributed by atoms with Gasteiger partial charge in [0.1, 0.15) is 74.0 Å². The highest BCUT2D eigenvalue weighted by atomic mass is 28.4. The molecule has 33 nitrogen and oxygen atoms in total. The minimum atomic E-state index is -3.34. The molecule has 0 aromatic heterocycles. The number of ether oxygens (including phenoxy) is 14. The molecule has 724 valence electrons. The highest BCUT2D eigenvalue weighted by Crippen LogP contribution is 2.48. The molecule has 10 aromatic rings. The largest absolute Gasteiger partial charge is 0.459 e. The number of esters is 6. The van der Waals surface area contributed by atoms with Crippen molar-refractivity contribution in [2.45, 2.75) is 188 Å². The lowest BCUT2D eigenvalue weighted by molar-refractivity contribution is -0.367. The van der Waals surface area contributed by atoms with Gasteiger partial charge in [0.25, 0.3) is 47.3 Å². The Kier molecular flexibility index (Phi) is 27.9. The van der Waals surface area contributed by atoms with Gasteiger partial charge >= 0.3 is 35.8 Å². The molecule has 34 heteroatoms. The van der Waals surface area contributed by atoms with Gasteiger partial charge in [0.15, 0.2) is 57.9 Å². The van der Waals surface area contributed by atoms with E-state index < -0.39 is 232 Å². The maximum atomic E-state index is 16.4. The van der Waals surface area contributed by atoms with Crippen LogP contribution in [0.25, 0.3) is 0 Å². The Hall–Kier alpha value is -14.6. The van der Waals surface area contributed by atoms with E-state index in [0.29, 0.717) is 9.80 Å². The summed E-state index contributed by atoms with van der Waals surface area (Å²) in [5, 5.41) is -0.696. The van der Waals surface area contributed by atoms with Gasteiger partial charge in [0.2, 0.25) is 0 Å². The molecule has 0 bridgehead atoms. The highest BCUT2D eigenvalue weighted by molar-refractivity contribution is 6.74. The minimum absolute atomic E-state index is 0.0271. The summed E-state index contributed by atoms with van der Waals surface area (Å²) in [5.41, 5.74) is -1.59. The molecule has 18 rings (SSSR count). The number of methoxy groups -OCH3 is 1. The van der Waals surface area contributed by atoms with E-state index in [4.69, 9.17) is 70.7 Å². The molecule has 141 heavy (non-hydrogen) atoms. The summed E-state index contributed by atoms with van der Waals surface area (Å²) in [4.78, 5) is 223. The van der Waals surface area contributed by atoms with Gasteiger partial charge in [-0.05, 0) is 152 Å². The number of imide groups is 4. The van der Waals surface area contributed by atoms with Crippen LogP contribution < -0.4 is 0 Å². The first-order valence-corrected chi connectivity index (χ1v) is 49.1. The zero-order valence-corrected chi connectivity index (χ0v) is 78.6. The summed E-state index contributed by atoms with van der Waals surface area (Å²) in [6.07, 6.45) is -32.3. The van der Waals surface area contributed by atoms with Gasteiger partial charge in [-0.15, -0.1) is 0 Å². The normalized spacial score (nSPS) is 26.4. The summed E-state index contributed by atoms with van der Waals surface area (Å²) < 4.78 is 105. The Morgan fingerprint density at radius 3 is 0.709 bits per heavy atom. The monoisotopic (exact) mass is 1930 g/mol. The van der Waals surface area contributed by atoms with E-state index >= 15 is 62.3 Å². The fourth-order valence-corrected chi connectivity index (χ4v) is 20.2. The second-order valence-electron chi connectivity index (χ2n) is 36.3. The van der Waals surface area contributed by atoms with E-state index in [1.165, 1.54) is 201 Å². The van der Waals surface area contributed by atoms with Gasteiger partial charge in [-0.2, -0.15) is 0 Å². The first kappa shape index (κ1) is 96.7. The first-order valence-electron chi connectivity index (χ1n) is 46.2. The van der Waals surface area contributed by atoms with Crippen molar-refractivity contribution in [1.29, 1.82) is 0 Å². The standard InChI is InChI=1S/C107H98N4O29Si/c1-9-73-81(85(133-99(122)61-41-21-13-22-42-61)77(103(126-6)129-73)108-89(112)65-49-29-30-50-66(65)90(108)113)137-105-79(110-93(116)69-53-33-34-54-70(69)94(110)117)87(135-101(124)63-45-25-15-26-46-63)83(75(131-105)57-127-97(120)59-37-17-11-18-38-59)139-104-78(109-91(114)67-51-31-32-52-68(67)92(109)115)86(134-100(123)62-43-23-14-24-44-62)82(74(10-2)130-104)138-106-80(111-95(118)71-55-35-36-56-72(71)96(111)119)88(136-102(125)64-47-27-16-28-48-64)84(140-141(7,8)107(3,4)5)76(132-106)58-128-98(121)60-39-19-12-20-40-60/h11-56,73-88,103-106H,9-10,57-58H2,1-8H3/t73?,74?,75?,76?,77-,78-,79+,80+,81+,82+,83?,84?,85?,86?,87+,88+,103-,104+,105?,106?/m0/s1. The molecule has 8 amide bonds. The van der Waals surface area contributed by atoms with Crippen molar-refractivity contribution in [1.82, 2.24) is 19.6 Å². The molecule has 10 unspecified atom stereocenters. The average Bonchev–Trinajstić information content (AvgIpc) is 1.67. The number of carbonyl (C=O) groups is 14. The lowest BCUT2D eigenvalue weighted by Gasteiger charge is -2.54. The number of rotatable bonds is 29. The zero-order valence-electron chi connectivity index (χ0n) is 77.6. The predicted molar refractivity (Wildman–Crippen MR) is 498 cm³/mol. The molecule has 10 aromatic carbocycles. The maximum absolute atomic E-state index is 16.4. The molecule has 4 fully saturated rings. The van der Waals surface area contributed by atoms with Crippen LogP contribution in [0.5, 0.6) is 0 Å². The molecule has 0 aliphatic carbocycles. The van der Waals surface area contributed by atoms with E-state index in [1.54, 1.807) is 98.8 Å². The molecule has 8 heterocycles. The Morgan fingerprint density at radius 1 is 0.277 bits per heavy atom. The Balaban J connectivity index is 0.840. The third-order valence-electron chi connectivity index (χ3n) is 26.9. The van der Waals surface area contributed by atoms with Crippen LogP contribution in [0, 0.1) is 0 Å². The number of hydrogen-bond donors (Lipinski definition) is 0. The second kappa shape index (κ2) is 40.7. The fourth-order valence-electron chi connectivity index (χ4n) is 18.9. The lowest BCUT2D eigenvalue weighted by atomic mass is 9.90. The summed E-state index contributed by atoms with van der Waals surface area (Å²) >= 11 is 0. The van der Waals surface area contributed by atoms with Crippen LogP contribution >= 0.6 is 0 Å². The Bertz CT molecular complexity index is 6330. The second-order valence-corrected chi connectivity index (χ2v) is 41.1. The van der Waals surface area contributed by atoms with Crippen molar-refractivity contribution in [3.05, 3.63) is 357 Å². The fraction of sp³-hybridized carbons (Fsp3) is 0.308. The molecule has 8 aliphatic rings. The summed E-state index contributed by atoms with van der Waals surface area (Å²) in [5.74, 6) is -14.4. The van der Waals surface area contributed by atoms with Crippen molar-refractivity contribution < 1.29 is 138 Å². The van der Waals surface area contributed by atoms with Crippen molar-refractivity contribution in [3.8, 4) is 0 Å². The summed E-state index contributed by atoms with van der Waals surface area (Å²) in [7, 11) is -2.11. The first-order chi connectivity index (χ1) is 68.1. The smallest absolute Gasteiger partial charge is 0.338 e. The van der Waals surface area contributed by atoms with Gasteiger partial charge < -0.3 is 70.7 Å². The van der Waals surface area contributed by atoms with Crippen molar-refractivity contribution in [3.63, 3.8) is 0 Å². The average molecular weight is 1930 g/mol. The van der Waals surface area contributed by atoms with Crippen LogP contribution in [0.2, 0.25) is 18.1 Å². The highest BCUT2D eigenvalue weighted by Gasteiger charge is 2.67. The SMILES string of the molecule is CCC1O[C@H](OC2C(COC(=O)c3ccccc3)OC(O[C@@H]3C(CC)O[C@H](OC)[C@@H](N4C(=O)c5ccccc5C4=O)C3OC(=O)c3ccccc3)[C@H](N3C(=O)c4ccccc4C3=O)[C@H]2OC(=O)c2ccccc2)[C@@H](N2C(=O)c3ccccc3C2=O)C(OC(=O)c2ccccc2)[C@@H]1OC1OC(COC(=O)c2ccccc2)C(O[Si](C)(C)C(C)(C)C)[C@H](OC(=O)c2ccccc2)[C@H]1N1C(=O)c2ccccc2C1=O. The van der Waals surface area contributed by atoms with Crippen LogP contribution in [0.15, 0.2) is 279 Å². The molecule has 0 saturated carbocycles. The third kappa shape index (κ3) is 18.7. The number of carbonyl (C=O) groups excluding carboxylic acids is 14. The van der Waals surface area contributed by atoms with Crippen molar-refractivity contribution in [2.75, 3.05) is 20.3 Å². The van der Waals surface area contributed by atoms with E-state index in [9.17, 15) is 4.79 Å². The number of amides is 8. The molecular formula is C107H98N4O29Si. The van der Waals surface area contributed by atoms with Crippen LogP contribution in [-0.2, 0) is 70.7 Å². The number of nitrogens with zero attached hydrogens (tertiary/aromatic N) is 4. The van der Waals surface area contributed by atoms with Crippen LogP contribution in [0.1, 0.15) is 192 Å². The molecule has 8 aliphatic heterocycles. The Labute approximate surface area is 810 Å². The summed E-state index contributed by atoms with van der Waals surface area (Å²) in [6, 6.07) is 60.2. The van der Waals surface area contributed by atoms with Gasteiger partial charge in [-0.3, -0.25) is 58.0 Å². The van der Waals surface area contributed by atoms with Crippen molar-refractivity contribution >= 4 is 91.4 Å². The van der Waals surface area contributed by atoms with Crippen molar-refractivity contribution in [2.24, 2.45) is 0 Å². The third-order valence-corrected chi connectivity index (χ3v) is 31.4. The predicted octanol–water partition coefficient (Wildman–Crippen LogP) is 13.2. The quantitative estimate of drug-likeness (QED) is 0.0182. The van der Waals surface area contributed by atoms with E-state index in [-0.39, 0.29) is 90.7 Å². The van der Waals surface area contributed by atoms with Crippen LogP contribution in [0.3, 0.4) is 0 Å². The molecule has 0 radical (unpaired) electrons. The van der Waals surface area contributed by atoms with Gasteiger partial charge in [0, 0.05) is 7.11 Å². The zero-order chi connectivity index (χ0) is 99.0. The molecular weight excluding hydrogens is 1830 g/mol. The number of fused-ring (bicyclic) bond motifs is 4.